The first-order chi connectivity index (χ1) is 27.0. The molecule has 0 aliphatic heterocycles. The SMILES string of the molecule is CC(COCCC(=O)NCCCNC(=O)CCCCI)(COCCC(=O)NCCCNC(=O)CCC[CH2][Tl])COCCC(=O)NCCCNC(=O)CCC[CH2][Tl]. The molecule has 0 spiro atoms. The first-order valence-electron chi connectivity index (χ1n) is 20.3. The zero-order valence-electron chi connectivity index (χ0n) is 33.9. The number of nitrogens with one attached hydrogen (secondary N) is 6. The number of carbonyl (C=O) groups is 6. The van der Waals surface area contributed by atoms with Gasteiger partial charge < -0.3 is 24.8 Å². The molecule has 15 nitrogen and oxygen atoms in total. The molecular formula is C38H69IN6O9Tl2. The Bertz CT molecular complexity index is 954. The van der Waals surface area contributed by atoms with E-state index < -0.39 is 5.41 Å². The minimum absolute atomic E-state index is 0.0389. The molecule has 0 aromatic heterocycles. The van der Waals surface area contributed by atoms with Crippen LogP contribution in [0.2, 0.25) is 7.96 Å². The van der Waals surface area contributed by atoms with Gasteiger partial charge in [0.1, 0.15) is 0 Å². The van der Waals surface area contributed by atoms with Crippen molar-refractivity contribution in [1.82, 2.24) is 31.9 Å². The molecule has 0 unspecified atom stereocenters. The molecule has 0 saturated heterocycles. The van der Waals surface area contributed by atoms with Crippen molar-refractivity contribution in [1.29, 1.82) is 0 Å². The monoisotopic (exact) mass is 1290 g/mol. The minimum atomic E-state index is -0.604. The standard InChI is InChI=1S/C38H69IN6O9.2Tl/c1-4-6-13-32(46)40-20-10-23-43-35(49)16-26-52-29-38(3,30-53-27-17-36(50)44-24-11-21-41-33(47)14-7-5-2)31-54-28-18-37(51)45-25-12-22-42-34(48)15-8-9-19-39;;/h1-2,4-31H2,3H3,(H,40,46)(H,41,47)(H,42,48)(H,43,49)(H,44,50)(H,45,51);;. The van der Waals surface area contributed by atoms with E-state index in [1.54, 1.807) is 0 Å². The molecule has 18 heteroatoms. The number of amides is 6. The first kappa shape index (κ1) is 55.3. The van der Waals surface area contributed by atoms with Crippen molar-refractivity contribution in [3.8, 4) is 0 Å². The summed E-state index contributed by atoms with van der Waals surface area (Å²) >= 11 is 4.26. The van der Waals surface area contributed by atoms with Gasteiger partial charge in [-0.25, -0.2) is 0 Å². The summed E-state index contributed by atoms with van der Waals surface area (Å²) in [4.78, 5) is 72.5. The summed E-state index contributed by atoms with van der Waals surface area (Å²) in [5.74, 6) is -0.261. The summed E-state index contributed by atoms with van der Waals surface area (Å²) < 4.78 is 21.2. The summed E-state index contributed by atoms with van der Waals surface area (Å²) in [6.45, 7) is 6.19. The summed E-state index contributed by atoms with van der Waals surface area (Å²) in [5.41, 5.74) is -0.604. The van der Waals surface area contributed by atoms with Crippen LogP contribution in [0.25, 0.3) is 0 Å². The molecule has 0 heterocycles. The third-order valence-electron chi connectivity index (χ3n) is 8.27. The van der Waals surface area contributed by atoms with E-state index in [0.29, 0.717) is 77.8 Å². The van der Waals surface area contributed by atoms with Gasteiger partial charge in [-0.1, -0.05) is 29.5 Å². The number of hydrogen-bond donors (Lipinski definition) is 6. The molecule has 0 fully saturated rings. The normalized spacial score (nSPS) is 11.1. The van der Waals surface area contributed by atoms with Gasteiger partial charge in [0.25, 0.3) is 0 Å². The zero-order valence-corrected chi connectivity index (χ0v) is 45.1. The Balaban J connectivity index is 4.56. The maximum atomic E-state index is 12.3. The fourth-order valence-electron chi connectivity index (χ4n) is 4.98. The second kappa shape index (κ2) is 39.7. The summed E-state index contributed by atoms with van der Waals surface area (Å²) in [5, 5.41) is 17.2. The van der Waals surface area contributed by atoms with Gasteiger partial charge in [-0.05, 0) is 23.7 Å². The maximum absolute atomic E-state index is 12.3. The van der Waals surface area contributed by atoms with Gasteiger partial charge in [-0.2, -0.15) is 0 Å². The topological polar surface area (TPSA) is 202 Å². The van der Waals surface area contributed by atoms with Crippen LogP contribution in [0.3, 0.4) is 0 Å². The van der Waals surface area contributed by atoms with Gasteiger partial charge in [0.2, 0.25) is 11.8 Å². The van der Waals surface area contributed by atoms with E-state index in [1.807, 2.05) is 6.92 Å². The molecule has 0 atom stereocenters. The predicted octanol–water partition coefficient (Wildman–Crippen LogP) is 2.20. The molecule has 0 aliphatic carbocycles. The number of rotatable bonds is 39. The molecule has 0 aromatic carbocycles. The number of carbonyl (C=O) groups excluding carboxylic acids is 6. The van der Waals surface area contributed by atoms with Crippen molar-refractivity contribution in [2.45, 2.75) is 111 Å². The summed E-state index contributed by atoms with van der Waals surface area (Å²) in [6.07, 6.45) is 10.1. The third kappa shape index (κ3) is 37.5. The van der Waals surface area contributed by atoms with E-state index in [9.17, 15) is 28.8 Å². The van der Waals surface area contributed by atoms with Crippen molar-refractivity contribution in [2.24, 2.45) is 5.41 Å². The Kier molecular flexibility index (Phi) is 39.2. The quantitative estimate of drug-likeness (QED) is 0.0231. The molecule has 0 rings (SSSR count). The van der Waals surface area contributed by atoms with Crippen LogP contribution in [0, 0.1) is 5.41 Å². The van der Waals surface area contributed by atoms with Gasteiger partial charge in [-0.15, -0.1) is 0 Å². The second-order valence-electron chi connectivity index (χ2n) is 14.0. The molecule has 0 radical (unpaired) electrons. The first-order valence-corrected chi connectivity index (χ1v) is 28.2. The second-order valence-corrected chi connectivity index (χ2v) is 19.6. The van der Waals surface area contributed by atoms with Gasteiger partial charge in [0.15, 0.2) is 0 Å². The van der Waals surface area contributed by atoms with Crippen LogP contribution in [0.15, 0.2) is 0 Å². The average Bonchev–Trinajstić information content (AvgIpc) is 3.17. The average molecular weight is 1290 g/mol. The van der Waals surface area contributed by atoms with Crippen LogP contribution in [0.1, 0.15) is 103 Å². The van der Waals surface area contributed by atoms with Crippen LogP contribution in [0.5, 0.6) is 0 Å². The molecule has 0 bridgehead atoms. The number of halogens is 1. The zero-order chi connectivity index (χ0) is 41.5. The van der Waals surface area contributed by atoms with E-state index in [1.165, 1.54) is 7.96 Å². The van der Waals surface area contributed by atoms with Crippen LogP contribution in [-0.4, -0.2) is 170 Å². The van der Waals surface area contributed by atoms with E-state index in [0.717, 1.165) is 94.5 Å². The molecular weight excluding hydrogens is 1220 g/mol. The van der Waals surface area contributed by atoms with Gasteiger partial charge in [0, 0.05) is 31.3 Å². The van der Waals surface area contributed by atoms with Crippen LogP contribution in [0.4, 0.5) is 0 Å². The number of unbranched alkanes of at least 4 members (excludes halogenated alkanes) is 3. The summed E-state index contributed by atoms with van der Waals surface area (Å²) in [6, 6.07) is 0. The van der Waals surface area contributed by atoms with Crippen molar-refractivity contribution >= 4 is 110 Å². The van der Waals surface area contributed by atoms with E-state index in [2.05, 4.69) is 54.5 Å². The van der Waals surface area contributed by atoms with Crippen molar-refractivity contribution in [3.05, 3.63) is 0 Å². The fraction of sp³-hybridized carbons (Fsp3) is 0.842. The van der Waals surface area contributed by atoms with Gasteiger partial charge >= 0.3 is 214 Å². The molecule has 6 N–H and O–H groups in total. The Morgan fingerprint density at radius 3 is 0.964 bits per heavy atom. The van der Waals surface area contributed by atoms with Crippen molar-refractivity contribution < 1.29 is 43.0 Å². The predicted molar refractivity (Wildman–Crippen MR) is 228 cm³/mol. The molecule has 0 saturated carbocycles. The van der Waals surface area contributed by atoms with Gasteiger partial charge in [0.05, 0.1) is 39.6 Å². The molecule has 56 heavy (non-hydrogen) atoms. The van der Waals surface area contributed by atoms with E-state index in [4.69, 9.17) is 14.2 Å². The number of alkyl halides is 1. The Morgan fingerprint density at radius 2 is 0.696 bits per heavy atom. The Morgan fingerprint density at radius 1 is 0.429 bits per heavy atom. The summed E-state index contributed by atoms with van der Waals surface area (Å²) in [7, 11) is 0. The van der Waals surface area contributed by atoms with Gasteiger partial charge in [-0.3, -0.25) is 9.59 Å². The van der Waals surface area contributed by atoms with E-state index in [-0.39, 0.29) is 94.3 Å². The van der Waals surface area contributed by atoms with Crippen LogP contribution >= 0.6 is 22.6 Å². The van der Waals surface area contributed by atoms with Crippen LogP contribution in [-0.2, 0) is 43.0 Å². The molecule has 0 aliphatic rings. The molecule has 0 aromatic rings. The third-order valence-corrected chi connectivity index (χ3v) is 12.2. The molecule has 6 amide bonds. The Hall–Kier alpha value is -0.726. The van der Waals surface area contributed by atoms with Crippen molar-refractivity contribution in [2.75, 3.05) is 83.3 Å². The van der Waals surface area contributed by atoms with Crippen LogP contribution < -0.4 is 31.9 Å². The molecule has 318 valence electrons. The number of hydrogen-bond acceptors (Lipinski definition) is 9. The number of ether oxygens (including phenoxy) is 3. The Labute approximate surface area is 381 Å². The fourth-order valence-corrected chi connectivity index (χ4v) is 7.76. The van der Waals surface area contributed by atoms with E-state index >= 15 is 0 Å². The van der Waals surface area contributed by atoms with Crippen molar-refractivity contribution in [3.63, 3.8) is 0 Å².